The second-order valence-corrected chi connectivity index (χ2v) is 6.30. The molecule has 4 atom stereocenters. The highest BCUT2D eigenvalue weighted by molar-refractivity contribution is 5.76. The summed E-state index contributed by atoms with van der Waals surface area (Å²) in [7, 11) is 0. The first-order chi connectivity index (χ1) is 11.5. The van der Waals surface area contributed by atoms with Crippen LogP contribution in [0, 0.1) is 0 Å². The number of allylic oxidation sites excluding steroid dienone is 1. The molecule has 7 heteroatoms. The van der Waals surface area contributed by atoms with Crippen LogP contribution >= 0.6 is 0 Å². The molecule has 1 fully saturated rings. The number of fused-ring (bicyclic) bond motifs is 2. The summed E-state index contributed by atoms with van der Waals surface area (Å²) < 4.78 is 11.6. The zero-order valence-electron chi connectivity index (χ0n) is 13.2. The zero-order valence-corrected chi connectivity index (χ0v) is 13.2. The lowest BCUT2D eigenvalue weighted by Gasteiger charge is -2.23. The number of carboxylic acids is 2. The molecule has 7 nitrogen and oxygen atoms in total. The van der Waals surface area contributed by atoms with Crippen molar-refractivity contribution in [1.29, 1.82) is 0 Å². The smallest absolute Gasteiger partial charge is 0.324 e. The molecule has 1 saturated carbocycles. The lowest BCUT2D eigenvalue weighted by Crippen LogP contribution is -2.44. The minimum atomic E-state index is -1.41. The third kappa shape index (κ3) is 3.37. The molecular weight excluding hydrogens is 314 g/mol. The number of carboxylic acid groups (broad SMARTS) is 2. The molecule has 0 bridgehead atoms. The average molecular weight is 335 g/mol. The zero-order chi connectivity index (χ0) is 17.3. The van der Waals surface area contributed by atoms with Crippen molar-refractivity contribution >= 4 is 11.9 Å². The van der Waals surface area contributed by atoms with Crippen LogP contribution < -0.4 is 5.73 Å². The molecule has 0 radical (unpaired) electrons. The topological polar surface area (TPSA) is 119 Å². The Morgan fingerprint density at radius 2 is 2.17 bits per heavy atom. The quantitative estimate of drug-likeness (QED) is 0.670. The van der Waals surface area contributed by atoms with Crippen molar-refractivity contribution in [2.45, 2.75) is 56.5 Å². The van der Waals surface area contributed by atoms with Crippen molar-refractivity contribution in [1.82, 2.24) is 0 Å². The maximum Gasteiger partial charge on any atom is 0.324 e. The van der Waals surface area contributed by atoms with E-state index in [9.17, 15) is 9.59 Å². The Bertz CT molecular complexity index is 635. The molecule has 0 aromatic carbocycles. The molecule has 3 aliphatic rings. The normalized spacial score (nSPS) is 27.8. The molecule has 4 N–H and O–H groups in total. The molecule has 2 aliphatic carbocycles. The number of hydrogen-bond donors (Lipinski definition) is 3. The van der Waals surface area contributed by atoms with Gasteiger partial charge in [0.1, 0.15) is 24.0 Å². The van der Waals surface area contributed by atoms with E-state index < -0.39 is 30.5 Å². The van der Waals surface area contributed by atoms with Crippen molar-refractivity contribution < 1.29 is 29.3 Å². The number of rotatable bonds is 6. The Morgan fingerprint density at radius 3 is 2.88 bits per heavy atom. The first-order valence-corrected chi connectivity index (χ1v) is 8.11. The molecule has 130 valence electrons. The van der Waals surface area contributed by atoms with Gasteiger partial charge >= 0.3 is 11.9 Å². The van der Waals surface area contributed by atoms with E-state index in [1.165, 1.54) is 5.57 Å². The minimum Gasteiger partial charge on any atom is -0.488 e. The largest absolute Gasteiger partial charge is 0.488 e. The fourth-order valence-electron chi connectivity index (χ4n) is 3.42. The van der Waals surface area contributed by atoms with Crippen molar-refractivity contribution in [2.24, 2.45) is 5.73 Å². The Kier molecular flexibility index (Phi) is 4.73. The summed E-state index contributed by atoms with van der Waals surface area (Å²) in [5, 5.41) is 18.0. The predicted octanol–water partition coefficient (Wildman–Crippen LogP) is 1.35. The van der Waals surface area contributed by atoms with Crippen molar-refractivity contribution in [3.63, 3.8) is 0 Å². The Hall–Kier alpha value is -2.12. The summed E-state index contributed by atoms with van der Waals surface area (Å²) in [6.07, 6.45) is 8.10. The van der Waals surface area contributed by atoms with E-state index in [4.69, 9.17) is 25.4 Å². The maximum absolute atomic E-state index is 11.1. The van der Waals surface area contributed by atoms with Crippen LogP contribution in [0.2, 0.25) is 0 Å². The van der Waals surface area contributed by atoms with Crippen molar-refractivity contribution in [3.05, 3.63) is 35.1 Å². The summed E-state index contributed by atoms with van der Waals surface area (Å²) in [6, 6.07) is -1.41. The number of ether oxygens (including phenoxy) is 2. The average Bonchev–Trinajstić information content (AvgIpc) is 2.91. The first-order valence-electron chi connectivity index (χ1n) is 8.11. The Balaban J connectivity index is 1.79. The summed E-state index contributed by atoms with van der Waals surface area (Å²) in [4.78, 5) is 22.0. The van der Waals surface area contributed by atoms with Gasteiger partial charge in [0.2, 0.25) is 0 Å². The molecular formula is C17H21NO6. The van der Waals surface area contributed by atoms with Gasteiger partial charge in [-0.1, -0.05) is 6.42 Å². The summed E-state index contributed by atoms with van der Waals surface area (Å²) in [5.74, 6) is -2.03. The van der Waals surface area contributed by atoms with Crippen LogP contribution in [0.25, 0.3) is 0 Å². The molecule has 3 rings (SSSR count). The van der Waals surface area contributed by atoms with Crippen LogP contribution in [0.15, 0.2) is 35.1 Å². The summed E-state index contributed by atoms with van der Waals surface area (Å²) in [6.45, 7) is 0. The second-order valence-electron chi connectivity index (χ2n) is 6.30. The van der Waals surface area contributed by atoms with Gasteiger partial charge in [0.25, 0.3) is 0 Å². The molecule has 0 aromatic heterocycles. The maximum atomic E-state index is 11.1. The standard InChI is InChI=1S/C17H21NO6/c18-16(17(21)22)14(8-15(19)20)23-9-5-6-13-11(7-9)10-3-1-2-4-12(10)24-13/h5-7,12-14,16H,1-4,8,18H2,(H,19,20)(H,21,22)/t12?,13?,14?,16-/m0/s1. The van der Waals surface area contributed by atoms with Crippen LogP contribution in [0.4, 0.5) is 0 Å². The third-order valence-electron chi connectivity index (χ3n) is 4.62. The fraction of sp³-hybridized carbons (Fsp3) is 0.529. The Morgan fingerprint density at radius 1 is 1.38 bits per heavy atom. The highest BCUT2D eigenvalue weighted by Gasteiger charge is 2.36. The molecule has 0 amide bonds. The fourth-order valence-corrected chi connectivity index (χ4v) is 3.42. The number of hydrogen-bond acceptors (Lipinski definition) is 5. The lowest BCUT2D eigenvalue weighted by atomic mass is 9.88. The first kappa shape index (κ1) is 16.7. The van der Waals surface area contributed by atoms with Gasteiger partial charge in [-0.2, -0.15) is 0 Å². The predicted molar refractivity (Wildman–Crippen MR) is 84.1 cm³/mol. The minimum absolute atomic E-state index is 0.0958. The Labute approximate surface area is 139 Å². The third-order valence-corrected chi connectivity index (χ3v) is 4.62. The van der Waals surface area contributed by atoms with E-state index in [0.29, 0.717) is 5.76 Å². The van der Waals surface area contributed by atoms with Crippen molar-refractivity contribution in [2.75, 3.05) is 0 Å². The van der Waals surface area contributed by atoms with Gasteiger partial charge in [0, 0.05) is 0 Å². The van der Waals surface area contributed by atoms with Crippen LogP contribution in [0.3, 0.4) is 0 Å². The molecule has 0 spiro atoms. The van der Waals surface area contributed by atoms with E-state index in [0.717, 1.165) is 31.3 Å². The van der Waals surface area contributed by atoms with Gasteiger partial charge in [-0.3, -0.25) is 9.59 Å². The van der Waals surface area contributed by atoms with Crippen LogP contribution in [0.1, 0.15) is 32.1 Å². The van der Waals surface area contributed by atoms with Crippen molar-refractivity contribution in [3.8, 4) is 0 Å². The highest BCUT2D eigenvalue weighted by atomic mass is 16.5. The number of aliphatic carboxylic acids is 2. The molecule has 0 aromatic rings. The number of carbonyl (C=O) groups is 2. The van der Waals surface area contributed by atoms with Gasteiger partial charge in [0.05, 0.1) is 12.5 Å². The molecule has 3 unspecified atom stereocenters. The van der Waals surface area contributed by atoms with Gasteiger partial charge in [0.15, 0.2) is 0 Å². The molecule has 0 saturated heterocycles. The summed E-state index contributed by atoms with van der Waals surface area (Å²) >= 11 is 0. The van der Waals surface area contributed by atoms with Crippen LogP contribution in [-0.2, 0) is 19.1 Å². The van der Waals surface area contributed by atoms with Gasteiger partial charge in [-0.05, 0) is 48.6 Å². The lowest BCUT2D eigenvalue weighted by molar-refractivity contribution is -0.144. The monoisotopic (exact) mass is 335 g/mol. The van der Waals surface area contributed by atoms with E-state index in [1.807, 2.05) is 12.2 Å². The van der Waals surface area contributed by atoms with Gasteiger partial charge in [-0.15, -0.1) is 0 Å². The van der Waals surface area contributed by atoms with E-state index >= 15 is 0 Å². The van der Waals surface area contributed by atoms with Gasteiger partial charge in [-0.25, -0.2) is 0 Å². The highest BCUT2D eigenvalue weighted by Crippen LogP contribution is 2.40. The van der Waals surface area contributed by atoms with E-state index in [2.05, 4.69) is 0 Å². The van der Waals surface area contributed by atoms with Gasteiger partial charge < -0.3 is 25.4 Å². The summed E-state index contributed by atoms with van der Waals surface area (Å²) in [5.41, 5.74) is 7.89. The van der Waals surface area contributed by atoms with E-state index in [1.54, 1.807) is 6.08 Å². The number of nitrogens with two attached hydrogens (primary N) is 1. The second kappa shape index (κ2) is 6.78. The van der Waals surface area contributed by atoms with E-state index in [-0.39, 0.29) is 12.2 Å². The van der Waals surface area contributed by atoms with Crippen LogP contribution in [0.5, 0.6) is 0 Å². The van der Waals surface area contributed by atoms with Crippen LogP contribution in [-0.4, -0.2) is 46.5 Å². The molecule has 1 aliphatic heterocycles. The molecule has 1 heterocycles. The SMILES string of the molecule is N[C@H](C(=O)O)C(CC(=O)O)OC1=CC2=C3CCCCC3OC2C=C1. The molecule has 24 heavy (non-hydrogen) atoms.